The summed E-state index contributed by atoms with van der Waals surface area (Å²) in [6.45, 7) is 1.66. The van der Waals surface area contributed by atoms with Crippen molar-refractivity contribution in [2.75, 3.05) is 20.3 Å². The van der Waals surface area contributed by atoms with E-state index in [9.17, 15) is 0 Å². The van der Waals surface area contributed by atoms with Crippen molar-refractivity contribution in [3.05, 3.63) is 34.9 Å². The van der Waals surface area contributed by atoms with E-state index in [-0.39, 0.29) is 0 Å². The van der Waals surface area contributed by atoms with Crippen LogP contribution in [0, 0.1) is 0 Å². The van der Waals surface area contributed by atoms with Crippen molar-refractivity contribution in [1.29, 1.82) is 0 Å². The van der Waals surface area contributed by atoms with Crippen molar-refractivity contribution in [2.24, 2.45) is 0 Å². The molecule has 1 unspecified atom stereocenters. The van der Waals surface area contributed by atoms with Gasteiger partial charge in [0.05, 0.1) is 19.3 Å². The molecule has 0 saturated heterocycles. The minimum atomic E-state index is 0.362. The Morgan fingerprint density at radius 3 is 2.79 bits per heavy atom. The van der Waals surface area contributed by atoms with Crippen molar-refractivity contribution in [3.8, 4) is 0 Å². The number of rotatable bonds is 2. The van der Waals surface area contributed by atoms with Crippen LogP contribution in [0.15, 0.2) is 18.2 Å². The van der Waals surface area contributed by atoms with Gasteiger partial charge in [0, 0.05) is 0 Å². The monoisotopic (exact) mass is 259 g/mol. The molecule has 1 aromatic carbocycles. The van der Waals surface area contributed by atoms with Crippen LogP contribution in [0.1, 0.15) is 60.8 Å². The highest BCUT2D eigenvalue weighted by Gasteiger charge is 2.21. The third-order valence-electron chi connectivity index (χ3n) is 4.77. The van der Waals surface area contributed by atoms with Crippen molar-refractivity contribution in [1.82, 2.24) is 5.32 Å². The lowest BCUT2D eigenvalue weighted by atomic mass is 9.82. The molecular formula is C17H25NO. The Kier molecular flexibility index (Phi) is 4.19. The molecule has 2 heteroatoms. The highest BCUT2D eigenvalue weighted by Crippen LogP contribution is 2.35. The topological polar surface area (TPSA) is 21.3 Å². The summed E-state index contributed by atoms with van der Waals surface area (Å²) in [5.74, 6) is 0.792. The van der Waals surface area contributed by atoms with Gasteiger partial charge in [-0.3, -0.25) is 0 Å². The smallest absolute Gasteiger partial charge is 0.0661 e. The minimum absolute atomic E-state index is 0.362. The second-order valence-corrected chi connectivity index (χ2v) is 5.96. The fourth-order valence-electron chi connectivity index (χ4n) is 3.57. The standard InChI is InChI=1S/C17H25NO/c1-18-17-12-19-10-9-14-7-8-15(11-16(14)17)13-5-3-2-4-6-13/h7-8,11,13,17-18H,2-6,9-10,12H2,1H3. The quantitative estimate of drug-likeness (QED) is 0.876. The van der Waals surface area contributed by atoms with Crippen molar-refractivity contribution in [2.45, 2.75) is 50.5 Å². The molecule has 3 rings (SSSR count). The van der Waals surface area contributed by atoms with E-state index < -0.39 is 0 Å². The maximum Gasteiger partial charge on any atom is 0.0661 e. The van der Waals surface area contributed by atoms with Crippen molar-refractivity contribution >= 4 is 0 Å². The lowest BCUT2D eigenvalue weighted by Crippen LogP contribution is -2.21. The lowest BCUT2D eigenvalue weighted by molar-refractivity contribution is 0.123. The van der Waals surface area contributed by atoms with E-state index in [4.69, 9.17) is 4.74 Å². The van der Waals surface area contributed by atoms with Crippen molar-refractivity contribution in [3.63, 3.8) is 0 Å². The number of likely N-dealkylation sites (N-methyl/N-ethyl adjacent to an activating group) is 1. The number of hydrogen-bond donors (Lipinski definition) is 1. The molecule has 1 atom stereocenters. The lowest BCUT2D eigenvalue weighted by Gasteiger charge is -2.24. The van der Waals surface area contributed by atoms with E-state index in [0.717, 1.165) is 25.6 Å². The van der Waals surface area contributed by atoms with Gasteiger partial charge in [0.2, 0.25) is 0 Å². The molecule has 1 heterocycles. The van der Waals surface area contributed by atoms with Gasteiger partial charge < -0.3 is 10.1 Å². The van der Waals surface area contributed by atoms with E-state index in [0.29, 0.717) is 6.04 Å². The summed E-state index contributed by atoms with van der Waals surface area (Å²) in [5, 5.41) is 3.41. The highest BCUT2D eigenvalue weighted by atomic mass is 16.5. The predicted molar refractivity (Wildman–Crippen MR) is 78.6 cm³/mol. The van der Waals surface area contributed by atoms with E-state index in [1.165, 1.54) is 43.2 Å². The zero-order chi connectivity index (χ0) is 13.1. The summed E-state index contributed by atoms with van der Waals surface area (Å²) in [4.78, 5) is 0. The molecular weight excluding hydrogens is 234 g/mol. The van der Waals surface area contributed by atoms with Gasteiger partial charge in [0.25, 0.3) is 0 Å². The third-order valence-corrected chi connectivity index (χ3v) is 4.77. The first-order valence-electron chi connectivity index (χ1n) is 7.76. The number of fused-ring (bicyclic) bond motifs is 1. The molecule has 0 radical (unpaired) electrons. The number of hydrogen-bond acceptors (Lipinski definition) is 2. The van der Waals surface area contributed by atoms with Crippen molar-refractivity contribution < 1.29 is 4.74 Å². The maximum atomic E-state index is 5.70. The van der Waals surface area contributed by atoms with Gasteiger partial charge in [0.1, 0.15) is 0 Å². The zero-order valence-corrected chi connectivity index (χ0v) is 12.0. The molecule has 104 valence electrons. The van der Waals surface area contributed by atoms with Gasteiger partial charge in [0.15, 0.2) is 0 Å². The van der Waals surface area contributed by atoms with Gasteiger partial charge >= 0.3 is 0 Å². The molecule has 0 spiro atoms. The molecule has 1 saturated carbocycles. The highest BCUT2D eigenvalue weighted by molar-refractivity contribution is 5.37. The molecule has 19 heavy (non-hydrogen) atoms. The summed E-state index contributed by atoms with van der Waals surface area (Å²) in [7, 11) is 2.04. The van der Waals surface area contributed by atoms with Gasteiger partial charge in [-0.1, -0.05) is 37.5 Å². The molecule has 1 N–H and O–H groups in total. The van der Waals surface area contributed by atoms with Crippen LogP contribution < -0.4 is 5.32 Å². The van der Waals surface area contributed by atoms with Crippen LogP contribution in [0.5, 0.6) is 0 Å². The number of ether oxygens (including phenoxy) is 1. The number of benzene rings is 1. The molecule has 1 aromatic rings. The van der Waals surface area contributed by atoms with Crippen LogP contribution in [-0.2, 0) is 11.2 Å². The molecule has 1 fully saturated rings. The molecule has 1 aliphatic heterocycles. The fraction of sp³-hybridized carbons (Fsp3) is 0.647. The van der Waals surface area contributed by atoms with Gasteiger partial charge in [-0.15, -0.1) is 0 Å². The van der Waals surface area contributed by atoms with Crippen LogP contribution >= 0.6 is 0 Å². The second-order valence-electron chi connectivity index (χ2n) is 5.96. The van der Waals surface area contributed by atoms with Crippen LogP contribution in [0.4, 0.5) is 0 Å². The summed E-state index contributed by atoms with van der Waals surface area (Å²) in [5.41, 5.74) is 4.50. The van der Waals surface area contributed by atoms with E-state index in [2.05, 4.69) is 23.5 Å². The first kappa shape index (κ1) is 13.1. The first-order valence-corrected chi connectivity index (χ1v) is 7.76. The van der Waals surface area contributed by atoms with E-state index in [1.807, 2.05) is 7.05 Å². The average molecular weight is 259 g/mol. The Morgan fingerprint density at radius 2 is 2.00 bits per heavy atom. The Bertz CT molecular complexity index is 423. The van der Waals surface area contributed by atoms with E-state index in [1.54, 1.807) is 5.56 Å². The van der Waals surface area contributed by atoms with Crippen LogP contribution in [0.3, 0.4) is 0 Å². The summed E-state index contributed by atoms with van der Waals surface area (Å²) < 4.78 is 5.70. The van der Waals surface area contributed by atoms with Crippen LogP contribution in [-0.4, -0.2) is 20.3 Å². The van der Waals surface area contributed by atoms with Crippen LogP contribution in [0.2, 0.25) is 0 Å². The molecule has 0 aromatic heterocycles. The summed E-state index contributed by atoms with van der Waals surface area (Å²) >= 11 is 0. The van der Waals surface area contributed by atoms with Gasteiger partial charge in [-0.05, 0) is 48.9 Å². The Labute approximate surface area is 116 Å². The number of nitrogens with one attached hydrogen (secondary N) is 1. The van der Waals surface area contributed by atoms with Crippen LogP contribution in [0.25, 0.3) is 0 Å². The van der Waals surface area contributed by atoms with Gasteiger partial charge in [-0.25, -0.2) is 0 Å². The Morgan fingerprint density at radius 1 is 1.16 bits per heavy atom. The first-order chi connectivity index (χ1) is 9.38. The molecule has 0 amide bonds. The molecule has 1 aliphatic carbocycles. The summed E-state index contributed by atoms with van der Waals surface area (Å²) in [6, 6.07) is 7.54. The fourth-order valence-corrected chi connectivity index (χ4v) is 3.57. The predicted octanol–water partition coefficient (Wildman–Crippen LogP) is 3.57. The minimum Gasteiger partial charge on any atom is -0.379 e. The Hall–Kier alpha value is -0.860. The van der Waals surface area contributed by atoms with E-state index >= 15 is 0 Å². The Balaban J connectivity index is 1.89. The largest absolute Gasteiger partial charge is 0.379 e. The third kappa shape index (κ3) is 2.85. The molecule has 2 nitrogen and oxygen atoms in total. The SMILES string of the molecule is CNC1COCCc2ccc(C3CCCCC3)cc21. The second kappa shape index (κ2) is 6.06. The normalized spacial score (nSPS) is 24.8. The van der Waals surface area contributed by atoms with Gasteiger partial charge in [-0.2, -0.15) is 0 Å². The molecule has 0 bridgehead atoms. The maximum absolute atomic E-state index is 5.70. The zero-order valence-electron chi connectivity index (χ0n) is 12.0. The average Bonchev–Trinajstić information content (AvgIpc) is 2.69. The molecule has 2 aliphatic rings. The summed E-state index contributed by atoms with van der Waals surface area (Å²) in [6.07, 6.45) is 8.03.